The highest BCUT2D eigenvalue weighted by atomic mass is 16.2. The van der Waals surface area contributed by atoms with Crippen LogP contribution in [0.1, 0.15) is 44.7 Å². The molecule has 1 unspecified atom stereocenters. The van der Waals surface area contributed by atoms with Crippen molar-refractivity contribution in [2.75, 3.05) is 18.5 Å². The number of aryl methyl sites for hydroxylation is 1. The van der Waals surface area contributed by atoms with Gasteiger partial charge in [0.05, 0.1) is 11.3 Å². The highest BCUT2D eigenvalue weighted by molar-refractivity contribution is 6.04. The Morgan fingerprint density at radius 1 is 1.23 bits per heavy atom. The van der Waals surface area contributed by atoms with E-state index in [-0.39, 0.29) is 18.0 Å². The molecule has 1 saturated heterocycles. The number of hydrogen-bond acceptors (Lipinski definition) is 3. The van der Waals surface area contributed by atoms with E-state index in [0.717, 1.165) is 36.2 Å². The monoisotopic (exact) mass is 349 g/mol. The number of carbonyl (C=O) groups is 2. The number of anilines is 1. The second kappa shape index (κ2) is 6.48. The van der Waals surface area contributed by atoms with Crippen molar-refractivity contribution in [1.82, 2.24) is 10.2 Å². The third-order valence-corrected chi connectivity index (χ3v) is 5.50. The second-order valence-corrected chi connectivity index (χ2v) is 7.07. The number of benzene rings is 2. The van der Waals surface area contributed by atoms with Crippen LogP contribution in [0.25, 0.3) is 0 Å². The van der Waals surface area contributed by atoms with E-state index in [1.54, 1.807) is 12.1 Å². The standard InChI is InChI=1S/C21H23N3O2/c1-14-6-3-4-7-16(14)13-22-20(25)15-9-10-17-18(12-15)23(2)19-8-5-11-24(19)21(17)26/h3-4,6-7,9-10,12,19H,5,8,11,13H2,1-2H3,(H,22,25). The van der Waals surface area contributed by atoms with Crippen LogP contribution < -0.4 is 10.2 Å². The number of rotatable bonds is 3. The minimum Gasteiger partial charge on any atom is -0.354 e. The van der Waals surface area contributed by atoms with E-state index in [0.29, 0.717) is 17.7 Å². The average molecular weight is 349 g/mol. The first-order valence-corrected chi connectivity index (χ1v) is 9.07. The lowest BCUT2D eigenvalue weighted by molar-refractivity contribution is 0.0719. The minimum absolute atomic E-state index is 0.0764. The van der Waals surface area contributed by atoms with Gasteiger partial charge < -0.3 is 15.1 Å². The van der Waals surface area contributed by atoms with Gasteiger partial charge in [0.15, 0.2) is 0 Å². The highest BCUT2D eigenvalue weighted by Crippen LogP contribution is 2.35. The van der Waals surface area contributed by atoms with Crippen LogP contribution in [-0.4, -0.2) is 36.5 Å². The fourth-order valence-electron chi connectivity index (χ4n) is 3.94. The quantitative estimate of drug-likeness (QED) is 0.927. The van der Waals surface area contributed by atoms with Crippen LogP contribution in [0.5, 0.6) is 0 Å². The van der Waals surface area contributed by atoms with Gasteiger partial charge in [-0.2, -0.15) is 0 Å². The zero-order valence-electron chi connectivity index (χ0n) is 15.2. The SMILES string of the molecule is Cc1ccccc1CNC(=O)c1ccc2c(c1)N(C)C1CCCN1C2=O. The molecular formula is C21H23N3O2. The van der Waals surface area contributed by atoms with E-state index >= 15 is 0 Å². The minimum atomic E-state index is -0.120. The van der Waals surface area contributed by atoms with Crippen molar-refractivity contribution >= 4 is 17.5 Å². The molecule has 134 valence electrons. The molecule has 1 N–H and O–H groups in total. The van der Waals surface area contributed by atoms with Gasteiger partial charge in [0.25, 0.3) is 11.8 Å². The summed E-state index contributed by atoms with van der Waals surface area (Å²) >= 11 is 0. The fraction of sp³-hybridized carbons (Fsp3) is 0.333. The number of fused-ring (bicyclic) bond motifs is 2. The van der Waals surface area contributed by atoms with Crippen molar-refractivity contribution < 1.29 is 9.59 Å². The lowest BCUT2D eigenvalue weighted by Crippen LogP contribution is -2.50. The van der Waals surface area contributed by atoms with E-state index < -0.39 is 0 Å². The second-order valence-electron chi connectivity index (χ2n) is 7.07. The first-order chi connectivity index (χ1) is 12.6. The smallest absolute Gasteiger partial charge is 0.257 e. The van der Waals surface area contributed by atoms with Crippen LogP contribution in [0.4, 0.5) is 5.69 Å². The van der Waals surface area contributed by atoms with E-state index in [9.17, 15) is 9.59 Å². The molecule has 26 heavy (non-hydrogen) atoms. The molecule has 5 heteroatoms. The zero-order valence-corrected chi connectivity index (χ0v) is 15.2. The van der Waals surface area contributed by atoms with Gasteiger partial charge in [-0.05, 0) is 49.1 Å². The Labute approximate surface area is 153 Å². The van der Waals surface area contributed by atoms with Crippen molar-refractivity contribution in [3.63, 3.8) is 0 Å². The highest BCUT2D eigenvalue weighted by Gasteiger charge is 2.38. The van der Waals surface area contributed by atoms with Crippen molar-refractivity contribution in [2.24, 2.45) is 0 Å². The number of amides is 2. The molecule has 0 aromatic heterocycles. The molecule has 0 bridgehead atoms. The summed E-state index contributed by atoms with van der Waals surface area (Å²) in [7, 11) is 2.00. The lowest BCUT2D eigenvalue weighted by Gasteiger charge is -2.40. The Morgan fingerprint density at radius 3 is 2.85 bits per heavy atom. The third-order valence-electron chi connectivity index (χ3n) is 5.50. The molecule has 1 atom stereocenters. The Hall–Kier alpha value is -2.82. The Morgan fingerprint density at radius 2 is 2.04 bits per heavy atom. The number of nitrogens with zero attached hydrogens (tertiary/aromatic N) is 2. The van der Waals surface area contributed by atoms with Gasteiger partial charge in [0.2, 0.25) is 0 Å². The molecule has 0 aliphatic carbocycles. The van der Waals surface area contributed by atoms with Crippen LogP contribution in [0.15, 0.2) is 42.5 Å². The zero-order chi connectivity index (χ0) is 18.3. The van der Waals surface area contributed by atoms with Crippen LogP contribution in [0.3, 0.4) is 0 Å². The maximum atomic E-state index is 12.7. The Balaban J connectivity index is 1.55. The van der Waals surface area contributed by atoms with Crippen molar-refractivity contribution in [3.05, 3.63) is 64.7 Å². The molecule has 2 aliphatic rings. The molecule has 0 radical (unpaired) electrons. The average Bonchev–Trinajstić information content (AvgIpc) is 3.15. The van der Waals surface area contributed by atoms with Crippen LogP contribution in [-0.2, 0) is 6.54 Å². The fourth-order valence-corrected chi connectivity index (χ4v) is 3.94. The first kappa shape index (κ1) is 16.6. The molecule has 5 nitrogen and oxygen atoms in total. The summed E-state index contributed by atoms with van der Waals surface area (Å²) in [5.74, 6) is -0.0433. The molecule has 2 aromatic rings. The van der Waals surface area contributed by atoms with Gasteiger partial charge in [0.1, 0.15) is 6.17 Å². The van der Waals surface area contributed by atoms with Crippen LogP contribution in [0.2, 0.25) is 0 Å². The molecule has 0 saturated carbocycles. The first-order valence-electron chi connectivity index (χ1n) is 9.07. The van der Waals surface area contributed by atoms with Gasteiger partial charge >= 0.3 is 0 Å². The molecular weight excluding hydrogens is 326 g/mol. The summed E-state index contributed by atoms with van der Waals surface area (Å²) in [6.45, 7) is 3.34. The maximum Gasteiger partial charge on any atom is 0.257 e. The number of hydrogen-bond donors (Lipinski definition) is 1. The van der Waals surface area contributed by atoms with Crippen molar-refractivity contribution in [3.8, 4) is 0 Å². The van der Waals surface area contributed by atoms with E-state index in [2.05, 4.69) is 10.2 Å². The van der Waals surface area contributed by atoms with Crippen molar-refractivity contribution in [1.29, 1.82) is 0 Å². The molecule has 2 aromatic carbocycles. The Bertz CT molecular complexity index is 877. The summed E-state index contributed by atoms with van der Waals surface area (Å²) in [6.07, 6.45) is 2.12. The molecule has 2 amide bonds. The van der Waals surface area contributed by atoms with E-state index in [1.165, 1.54) is 0 Å². The van der Waals surface area contributed by atoms with Gasteiger partial charge in [-0.15, -0.1) is 0 Å². The lowest BCUT2D eigenvalue weighted by atomic mass is 10.0. The number of nitrogens with one attached hydrogen (secondary N) is 1. The summed E-state index contributed by atoms with van der Waals surface area (Å²) in [4.78, 5) is 29.3. The van der Waals surface area contributed by atoms with Gasteiger partial charge in [-0.3, -0.25) is 9.59 Å². The van der Waals surface area contributed by atoms with Gasteiger partial charge in [-0.25, -0.2) is 0 Å². The van der Waals surface area contributed by atoms with Gasteiger partial charge in [0, 0.05) is 25.7 Å². The number of carbonyl (C=O) groups excluding carboxylic acids is 2. The van der Waals surface area contributed by atoms with Gasteiger partial charge in [-0.1, -0.05) is 24.3 Å². The Kier molecular flexibility index (Phi) is 4.15. The third kappa shape index (κ3) is 2.73. The van der Waals surface area contributed by atoms with Crippen molar-refractivity contribution in [2.45, 2.75) is 32.5 Å². The summed E-state index contributed by atoms with van der Waals surface area (Å²) in [6, 6.07) is 13.4. The maximum absolute atomic E-state index is 12.7. The largest absolute Gasteiger partial charge is 0.354 e. The molecule has 4 rings (SSSR count). The van der Waals surface area contributed by atoms with Crippen LogP contribution >= 0.6 is 0 Å². The van der Waals surface area contributed by atoms with Crippen LogP contribution in [0, 0.1) is 6.92 Å². The summed E-state index contributed by atoms with van der Waals surface area (Å²) < 4.78 is 0. The molecule has 0 spiro atoms. The predicted molar refractivity (Wildman–Crippen MR) is 101 cm³/mol. The molecule has 1 fully saturated rings. The summed E-state index contributed by atoms with van der Waals surface area (Å²) in [5.41, 5.74) is 4.38. The van der Waals surface area contributed by atoms with E-state index in [4.69, 9.17) is 0 Å². The molecule has 2 aliphatic heterocycles. The predicted octanol–water partition coefficient (Wildman–Crippen LogP) is 2.94. The topological polar surface area (TPSA) is 52.7 Å². The normalized spacial score (nSPS) is 18.5. The summed E-state index contributed by atoms with van der Waals surface area (Å²) in [5, 5.41) is 2.98. The molecule has 2 heterocycles. The van der Waals surface area contributed by atoms with E-state index in [1.807, 2.05) is 49.2 Å².